The van der Waals surface area contributed by atoms with Crippen LogP contribution in [0.5, 0.6) is 5.75 Å². The first-order chi connectivity index (χ1) is 15.4. The fraction of sp³-hybridized carbons (Fsp3) is 0.680. The van der Waals surface area contributed by atoms with E-state index in [9.17, 15) is 9.59 Å². The molecule has 3 fully saturated rings. The highest BCUT2D eigenvalue weighted by Crippen LogP contribution is 2.41. The Morgan fingerprint density at radius 2 is 1.88 bits per heavy atom. The summed E-state index contributed by atoms with van der Waals surface area (Å²) in [5.74, 6) is 1.01. The quantitative estimate of drug-likeness (QED) is 0.669. The van der Waals surface area contributed by atoms with Crippen LogP contribution >= 0.6 is 0 Å². The smallest absolute Gasteiger partial charge is 0.266 e. The number of hydrogen-bond acceptors (Lipinski definition) is 5. The van der Waals surface area contributed by atoms with Gasteiger partial charge in [-0.05, 0) is 69.9 Å². The molecule has 7 heteroatoms. The highest BCUT2D eigenvalue weighted by atomic mass is 16.5. The molecular weight excluding hydrogens is 408 g/mol. The van der Waals surface area contributed by atoms with Crippen molar-refractivity contribution in [1.82, 2.24) is 10.2 Å². The number of ether oxygens (including phenoxy) is 3. The Bertz CT molecular complexity index is 875. The van der Waals surface area contributed by atoms with Gasteiger partial charge in [-0.1, -0.05) is 18.2 Å². The zero-order valence-electron chi connectivity index (χ0n) is 19.1. The van der Waals surface area contributed by atoms with E-state index in [1.807, 2.05) is 36.9 Å². The number of morpholine rings is 1. The molecule has 1 spiro atoms. The SMILES string of the molecule is CC1(C)Oc2ccccc2C2CCC(CC2)OCC2N(CCCC23COCC(=O)N3)C1=O. The minimum Gasteiger partial charge on any atom is -0.478 e. The Kier molecular flexibility index (Phi) is 5.66. The number of nitrogens with one attached hydrogen (secondary N) is 1. The molecule has 2 amide bonds. The van der Waals surface area contributed by atoms with Crippen LogP contribution in [0.15, 0.2) is 24.3 Å². The monoisotopic (exact) mass is 442 g/mol. The van der Waals surface area contributed by atoms with E-state index in [4.69, 9.17) is 14.2 Å². The number of fused-ring (bicyclic) bond motifs is 5. The summed E-state index contributed by atoms with van der Waals surface area (Å²) in [4.78, 5) is 28.1. The standard InChI is InChI=1S/C25H34N2O5/c1-24(2)23(29)27-13-5-12-25(16-30-15-22(28)26-25)21(27)14-31-18-10-8-17(9-11-18)19-6-3-4-7-20(19)32-24/h3-4,6-7,17-18,21H,5,8-16H2,1-2H3,(H,26,28). The van der Waals surface area contributed by atoms with Gasteiger partial charge in [0.2, 0.25) is 5.91 Å². The molecule has 6 rings (SSSR count). The summed E-state index contributed by atoms with van der Waals surface area (Å²) in [6.45, 7) is 5.17. The van der Waals surface area contributed by atoms with Gasteiger partial charge < -0.3 is 24.4 Å². The third kappa shape index (κ3) is 3.90. The molecule has 2 saturated heterocycles. The Balaban J connectivity index is 1.53. The normalized spacial score (nSPS) is 34.9. The summed E-state index contributed by atoms with van der Waals surface area (Å²) in [5, 5.41) is 3.18. The lowest BCUT2D eigenvalue weighted by atomic mass is 9.80. The molecule has 1 aromatic carbocycles. The van der Waals surface area contributed by atoms with E-state index in [0.717, 1.165) is 44.3 Å². The molecule has 32 heavy (non-hydrogen) atoms. The van der Waals surface area contributed by atoms with Gasteiger partial charge in [0.05, 0.1) is 30.9 Å². The Morgan fingerprint density at radius 1 is 1.09 bits per heavy atom. The van der Waals surface area contributed by atoms with Gasteiger partial charge in [0.25, 0.3) is 5.91 Å². The number of rotatable bonds is 0. The minimum absolute atomic E-state index is 0.0681. The Labute approximate surface area is 189 Å². The largest absolute Gasteiger partial charge is 0.478 e. The summed E-state index contributed by atoms with van der Waals surface area (Å²) >= 11 is 0. The van der Waals surface area contributed by atoms with Crippen LogP contribution in [-0.2, 0) is 19.1 Å². The van der Waals surface area contributed by atoms with Crippen molar-refractivity contribution in [2.45, 2.75) is 81.6 Å². The Hall–Kier alpha value is -2.12. The van der Waals surface area contributed by atoms with Crippen LogP contribution in [0, 0.1) is 0 Å². The van der Waals surface area contributed by atoms with Crippen LogP contribution in [-0.4, -0.2) is 66.4 Å². The van der Waals surface area contributed by atoms with Gasteiger partial charge in [0.1, 0.15) is 12.4 Å². The van der Waals surface area contributed by atoms with Crippen LogP contribution in [0.2, 0.25) is 0 Å². The van der Waals surface area contributed by atoms with E-state index in [0.29, 0.717) is 25.7 Å². The second kappa shape index (κ2) is 8.34. The van der Waals surface area contributed by atoms with Gasteiger partial charge >= 0.3 is 0 Å². The molecule has 5 aliphatic rings. The van der Waals surface area contributed by atoms with Crippen LogP contribution < -0.4 is 10.1 Å². The molecule has 7 nitrogen and oxygen atoms in total. The maximum atomic E-state index is 13.9. The molecule has 2 atom stereocenters. The lowest BCUT2D eigenvalue weighted by Crippen LogP contribution is -2.73. The molecule has 0 radical (unpaired) electrons. The molecule has 0 aromatic heterocycles. The molecule has 2 unspecified atom stereocenters. The average molecular weight is 443 g/mol. The fourth-order valence-electron chi connectivity index (χ4n) is 6.01. The van der Waals surface area contributed by atoms with Crippen molar-refractivity contribution in [1.29, 1.82) is 0 Å². The molecule has 1 aliphatic carbocycles. The van der Waals surface area contributed by atoms with Crippen LogP contribution in [0.4, 0.5) is 0 Å². The first kappa shape index (κ1) is 21.7. The predicted molar refractivity (Wildman–Crippen MR) is 119 cm³/mol. The lowest BCUT2D eigenvalue weighted by Gasteiger charge is -2.52. The van der Waals surface area contributed by atoms with Crippen molar-refractivity contribution < 1.29 is 23.8 Å². The maximum absolute atomic E-state index is 13.9. The van der Waals surface area contributed by atoms with Gasteiger partial charge in [-0.2, -0.15) is 0 Å². The highest BCUT2D eigenvalue weighted by Gasteiger charge is 2.52. The fourth-order valence-corrected chi connectivity index (χ4v) is 6.01. The second-order valence-electron chi connectivity index (χ2n) is 10.3. The average Bonchev–Trinajstić information content (AvgIpc) is 2.78. The molecule has 4 aliphatic heterocycles. The third-order valence-electron chi connectivity index (χ3n) is 7.68. The zero-order chi connectivity index (χ0) is 22.3. The van der Waals surface area contributed by atoms with Gasteiger partial charge in [0.15, 0.2) is 5.60 Å². The molecule has 174 valence electrons. The van der Waals surface area contributed by atoms with Crippen LogP contribution in [0.3, 0.4) is 0 Å². The van der Waals surface area contributed by atoms with Crippen molar-refractivity contribution in [3.8, 4) is 5.75 Å². The third-order valence-corrected chi connectivity index (χ3v) is 7.68. The first-order valence-electron chi connectivity index (χ1n) is 12.0. The van der Waals surface area contributed by atoms with E-state index >= 15 is 0 Å². The van der Waals surface area contributed by atoms with Crippen molar-refractivity contribution >= 4 is 11.8 Å². The number of hydrogen-bond donors (Lipinski definition) is 1. The van der Waals surface area contributed by atoms with Gasteiger partial charge in [0, 0.05) is 6.54 Å². The van der Waals surface area contributed by atoms with E-state index in [1.165, 1.54) is 5.56 Å². The molecule has 2 bridgehead atoms. The summed E-state index contributed by atoms with van der Waals surface area (Å²) in [7, 11) is 0. The zero-order valence-corrected chi connectivity index (χ0v) is 19.1. The van der Waals surface area contributed by atoms with Crippen LogP contribution in [0.1, 0.15) is 63.9 Å². The molecular formula is C25H34N2O5. The van der Waals surface area contributed by atoms with Crippen molar-refractivity contribution in [2.75, 3.05) is 26.4 Å². The highest BCUT2D eigenvalue weighted by molar-refractivity contribution is 5.86. The Morgan fingerprint density at radius 3 is 2.66 bits per heavy atom. The molecule has 1 saturated carbocycles. The number of carbonyl (C=O) groups excluding carboxylic acids is 2. The van der Waals surface area contributed by atoms with E-state index in [2.05, 4.69) is 11.4 Å². The number of benzene rings is 1. The molecule has 4 heterocycles. The second-order valence-corrected chi connectivity index (χ2v) is 10.3. The number of carbonyl (C=O) groups is 2. The number of amides is 2. The van der Waals surface area contributed by atoms with Crippen molar-refractivity contribution in [3.05, 3.63) is 29.8 Å². The summed E-state index contributed by atoms with van der Waals surface area (Å²) < 4.78 is 18.6. The predicted octanol–water partition coefficient (Wildman–Crippen LogP) is 2.78. The lowest BCUT2D eigenvalue weighted by molar-refractivity contribution is -0.164. The minimum atomic E-state index is -1.04. The van der Waals surface area contributed by atoms with Crippen molar-refractivity contribution in [2.24, 2.45) is 0 Å². The van der Waals surface area contributed by atoms with Crippen LogP contribution in [0.25, 0.3) is 0 Å². The van der Waals surface area contributed by atoms with E-state index in [-0.39, 0.29) is 30.6 Å². The number of para-hydroxylation sites is 1. The van der Waals surface area contributed by atoms with Gasteiger partial charge in [-0.15, -0.1) is 0 Å². The summed E-state index contributed by atoms with van der Waals surface area (Å²) in [6, 6.07) is 7.85. The number of piperidine rings is 1. The number of nitrogens with zero attached hydrogens (tertiary/aromatic N) is 1. The first-order valence-corrected chi connectivity index (χ1v) is 12.0. The van der Waals surface area contributed by atoms with E-state index < -0.39 is 11.1 Å². The summed E-state index contributed by atoms with van der Waals surface area (Å²) in [5.41, 5.74) is -0.474. The summed E-state index contributed by atoms with van der Waals surface area (Å²) in [6.07, 6.45) is 5.79. The molecule has 1 N–H and O–H groups in total. The topological polar surface area (TPSA) is 77.1 Å². The van der Waals surface area contributed by atoms with E-state index in [1.54, 1.807) is 0 Å². The van der Waals surface area contributed by atoms with Gasteiger partial charge in [-0.3, -0.25) is 9.59 Å². The molecule has 1 aromatic rings. The maximum Gasteiger partial charge on any atom is 0.266 e. The van der Waals surface area contributed by atoms with Gasteiger partial charge in [-0.25, -0.2) is 0 Å². The van der Waals surface area contributed by atoms with Crippen molar-refractivity contribution in [3.63, 3.8) is 0 Å².